The molecule has 4 rings (SSSR count). The van der Waals surface area contributed by atoms with Crippen LogP contribution in [0.15, 0.2) is 10.1 Å². The third-order valence-electron chi connectivity index (χ3n) is 4.60. The van der Waals surface area contributed by atoms with E-state index in [-0.39, 0.29) is 21.6 Å². The standard InChI is InChI=1S/C11H4Cl6O3/c12-7-8(13)10(15)2-1(9(7,14)11(10,16)17)3(18)5-6(20-5)4(2)19/h1-2,5-6H/t1?,2?,5-,6+,9?,10?. The van der Waals surface area contributed by atoms with Crippen LogP contribution in [0.25, 0.3) is 0 Å². The SMILES string of the molecule is O=C1C2C(C(=O)[C@@H]3O[C@H]13)C1(Cl)C(Cl)=C(Cl)C2(Cl)C1(Cl)Cl. The Bertz CT molecular complexity index is 580. The number of epoxide rings is 1. The van der Waals surface area contributed by atoms with Gasteiger partial charge in [-0.05, 0) is 0 Å². The molecule has 4 aliphatic rings. The van der Waals surface area contributed by atoms with E-state index in [0.717, 1.165) is 0 Å². The smallest absolute Gasteiger partial charge is 0.170 e. The predicted molar refractivity (Wildman–Crippen MR) is 76.0 cm³/mol. The Balaban J connectivity index is 2.03. The second kappa shape index (κ2) is 3.64. The molecule has 9 heteroatoms. The van der Waals surface area contributed by atoms with E-state index in [1.54, 1.807) is 0 Å². The van der Waals surface area contributed by atoms with Gasteiger partial charge in [0.15, 0.2) is 28.1 Å². The number of ketones is 2. The van der Waals surface area contributed by atoms with Crippen molar-refractivity contribution in [3.05, 3.63) is 10.1 Å². The van der Waals surface area contributed by atoms with Gasteiger partial charge in [0.05, 0.1) is 21.9 Å². The number of hydrogen-bond acceptors (Lipinski definition) is 3. The highest BCUT2D eigenvalue weighted by Crippen LogP contribution is 2.77. The van der Waals surface area contributed by atoms with Crippen molar-refractivity contribution in [3.8, 4) is 0 Å². The number of Topliss-reactive ketones (excluding diaryl/α,β-unsaturated/α-hetero) is 2. The molecule has 0 aromatic carbocycles. The molecule has 0 aromatic rings. The van der Waals surface area contributed by atoms with Gasteiger partial charge in [-0.15, -0.1) is 23.2 Å². The molecule has 0 amide bonds. The second-order valence-electron chi connectivity index (χ2n) is 5.36. The fourth-order valence-electron chi connectivity index (χ4n) is 3.60. The highest BCUT2D eigenvalue weighted by Gasteiger charge is 2.88. The Morgan fingerprint density at radius 3 is 1.50 bits per heavy atom. The molecule has 2 bridgehead atoms. The maximum atomic E-state index is 12.4. The molecule has 1 heterocycles. The van der Waals surface area contributed by atoms with Gasteiger partial charge >= 0.3 is 0 Å². The lowest BCUT2D eigenvalue weighted by Gasteiger charge is -2.36. The van der Waals surface area contributed by atoms with Crippen molar-refractivity contribution >= 4 is 81.2 Å². The fourth-order valence-corrected chi connectivity index (χ4v) is 6.56. The minimum Gasteiger partial charge on any atom is -0.353 e. The summed E-state index contributed by atoms with van der Waals surface area (Å²) in [5.74, 6) is -2.79. The highest BCUT2D eigenvalue weighted by atomic mass is 35.5. The average molecular weight is 397 g/mol. The molecule has 0 spiro atoms. The monoisotopic (exact) mass is 394 g/mol. The third-order valence-corrected chi connectivity index (χ3v) is 8.86. The maximum absolute atomic E-state index is 12.4. The first-order chi connectivity index (χ1) is 9.11. The topological polar surface area (TPSA) is 46.7 Å². The van der Waals surface area contributed by atoms with E-state index in [1.165, 1.54) is 0 Å². The first kappa shape index (κ1) is 14.4. The van der Waals surface area contributed by atoms with Crippen molar-refractivity contribution in [2.75, 3.05) is 0 Å². The summed E-state index contributed by atoms with van der Waals surface area (Å²) in [5, 5.41) is -0.162. The number of carbonyl (C=O) groups excluding carboxylic acids is 2. The zero-order valence-corrected chi connectivity index (χ0v) is 13.8. The van der Waals surface area contributed by atoms with Gasteiger partial charge in [-0.2, -0.15) is 0 Å². The van der Waals surface area contributed by atoms with Gasteiger partial charge in [0.2, 0.25) is 0 Å². The molecular formula is C11H4Cl6O3. The molecule has 4 unspecified atom stereocenters. The number of hydrogen-bond donors (Lipinski definition) is 0. The van der Waals surface area contributed by atoms with Crippen LogP contribution in [0, 0.1) is 11.8 Å². The number of alkyl halides is 4. The molecule has 3 nitrogen and oxygen atoms in total. The quantitative estimate of drug-likeness (QED) is 0.467. The van der Waals surface area contributed by atoms with E-state index in [2.05, 4.69) is 0 Å². The number of halogens is 6. The Labute approximate surface area is 143 Å². The number of allylic oxidation sites excluding steroid dienone is 2. The Morgan fingerprint density at radius 2 is 1.15 bits per heavy atom. The van der Waals surface area contributed by atoms with Crippen LogP contribution in [0.1, 0.15) is 0 Å². The van der Waals surface area contributed by atoms with Crippen molar-refractivity contribution in [2.45, 2.75) is 26.3 Å². The van der Waals surface area contributed by atoms with Crippen LogP contribution in [0.4, 0.5) is 0 Å². The molecule has 0 N–H and O–H groups in total. The zero-order chi connectivity index (χ0) is 14.8. The maximum Gasteiger partial charge on any atom is 0.170 e. The van der Waals surface area contributed by atoms with Crippen LogP contribution in [0.5, 0.6) is 0 Å². The minimum absolute atomic E-state index is 0.0812. The van der Waals surface area contributed by atoms with E-state index in [9.17, 15) is 9.59 Å². The number of rotatable bonds is 0. The van der Waals surface area contributed by atoms with Crippen molar-refractivity contribution in [1.29, 1.82) is 0 Å². The molecule has 0 radical (unpaired) electrons. The molecule has 1 aliphatic heterocycles. The first-order valence-electron chi connectivity index (χ1n) is 5.66. The van der Waals surface area contributed by atoms with Crippen molar-refractivity contribution < 1.29 is 14.3 Å². The number of carbonyl (C=O) groups is 2. The minimum atomic E-state index is -1.87. The van der Waals surface area contributed by atoms with Gasteiger partial charge in [-0.3, -0.25) is 9.59 Å². The van der Waals surface area contributed by atoms with Gasteiger partial charge in [0.1, 0.15) is 9.75 Å². The van der Waals surface area contributed by atoms with Gasteiger partial charge in [0.25, 0.3) is 0 Å². The number of fused-ring (bicyclic) bond motifs is 6. The molecule has 6 atom stereocenters. The molecule has 3 fully saturated rings. The molecular weight excluding hydrogens is 393 g/mol. The fraction of sp³-hybridized carbons (Fsp3) is 0.636. The summed E-state index contributed by atoms with van der Waals surface area (Å²) >= 11 is 37.9. The van der Waals surface area contributed by atoms with Crippen molar-refractivity contribution in [2.24, 2.45) is 11.8 Å². The summed E-state index contributed by atoms with van der Waals surface area (Å²) < 4.78 is 3.22. The lowest BCUT2D eigenvalue weighted by Crippen LogP contribution is -2.51. The number of ether oxygens (including phenoxy) is 1. The van der Waals surface area contributed by atoms with Gasteiger partial charge < -0.3 is 4.74 Å². The summed E-state index contributed by atoms with van der Waals surface area (Å²) in [7, 11) is 0. The van der Waals surface area contributed by atoms with Gasteiger partial charge in [0, 0.05) is 0 Å². The largest absolute Gasteiger partial charge is 0.353 e. The van der Waals surface area contributed by atoms with Crippen LogP contribution in [-0.2, 0) is 14.3 Å². The first-order valence-corrected chi connectivity index (χ1v) is 7.93. The Hall–Kier alpha value is 0.780. The third kappa shape index (κ3) is 1.12. The lowest BCUT2D eigenvalue weighted by molar-refractivity contribution is -0.135. The zero-order valence-electron chi connectivity index (χ0n) is 9.30. The van der Waals surface area contributed by atoms with Crippen molar-refractivity contribution in [1.82, 2.24) is 0 Å². The summed E-state index contributed by atoms with van der Waals surface area (Å²) in [5.41, 5.74) is 0. The average Bonchev–Trinajstić information content (AvgIpc) is 3.14. The van der Waals surface area contributed by atoms with Crippen LogP contribution in [0.3, 0.4) is 0 Å². The van der Waals surface area contributed by atoms with Gasteiger partial charge in [-0.1, -0.05) is 46.4 Å². The van der Waals surface area contributed by atoms with Crippen LogP contribution in [0.2, 0.25) is 0 Å². The van der Waals surface area contributed by atoms with E-state index in [0.29, 0.717) is 0 Å². The summed E-state index contributed by atoms with van der Waals surface area (Å²) in [6.07, 6.45) is -1.60. The Morgan fingerprint density at radius 1 is 0.800 bits per heavy atom. The van der Waals surface area contributed by atoms with E-state index in [4.69, 9.17) is 74.3 Å². The molecule has 2 saturated carbocycles. The Kier molecular flexibility index (Phi) is 2.62. The van der Waals surface area contributed by atoms with E-state index >= 15 is 0 Å². The summed E-state index contributed by atoms with van der Waals surface area (Å²) in [6, 6.07) is 0. The normalized spacial score (nSPS) is 55.1. The lowest BCUT2D eigenvalue weighted by atomic mass is 9.71. The van der Waals surface area contributed by atoms with E-state index in [1.807, 2.05) is 0 Å². The molecule has 1 saturated heterocycles. The predicted octanol–water partition coefficient (Wildman–Crippen LogP) is 2.98. The molecule has 3 aliphatic carbocycles. The van der Waals surface area contributed by atoms with Crippen molar-refractivity contribution in [3.63, 3.8) is 0 Å². The summed E-state index contributed by atoms with van der Waals surface area (Å²) in [6.45, 7) is 0. The molecule has 0 aromatic heterocycles. The second-order valence-corrected chi connectivity index (χ2v) is 8.64. The molecule has 108 valence electrons. The van der Waals surface area contributed by atoms with E-state index < -0.39 is 38.1 Å². The van der Waals surface area contributed by atoms with Crippen LogP contribution < -0.4 is 0 Å². The molecule has 20 heavy (non-hydrogen) atoms. The van der Waals surface area contributed by atoms with Crippen LogP contribution in [-0.4, -0.2) is 37.9 Å². The van der Waals surface area contributed by atoms with Gasteiger partial charge in [-0.25, -0.2) is 0 Å². The summed E-state index contributed by atoms with van der Waals surface area (Å²) in [4.78, 5) is 21.4. The highest BCUT2D eigenvalue weighted by molar-refractivity contribution is 6.66. The van der Waals surface area contributed by atoms with Crippen LogP contribution >= 0.6 is 69.6 Å².